The standard InChI is InChI=1S/C12H21N3O2/c1-7(6-14-11(16)5-8(2)13)12-9(3)15-17-10(12)4/h7-8H,5-6,13H2,1-4H3,(H,14,16). The molecule has 5 nitrogen and oxygen atoms in total. The summed E-state index contributed by atoms with van der Waals surface area (Å²) in [5, 5.41) is 6.77. The van der Waals surface area contributed by atoms with Crippen molar-refractivity contribution in [2.75, 3.05) is 6.54 Å². The molecule has 5 heteroatoms. The van der Waals surface area contributed by atoms with Gasteiger partial charge in [-0.3, -0.25) is 4.79 Å². The summed E-state index contributed by atoms with van der Waals surface area (Å²) in [6.07, 6.45) is 0.355. The van der Waals surface area contributed by atoms with Crippen molar-refractivity contribution in [1.82, 2.24) is 10.5 Å². The van der Waals surface area contributed by atoms with E-state index in [9.17, 15) is 4.79 Å². The van der Waals surface area contributed by atoms with Crippen molar-refractivity contribution in [1.29, 1.82) is 0 Å². The number of aromatic nitrogens is 1. The Morgan fingerprint density at radius 1 is 1.47 bits per heavy atom. The second kappa shape index (κ2) is 5.82. The molecular weight excluding hydrogens is 218 g/mol. The van der Waals surface area contributed by atoms with Gasteiger partial charge in [0.1, 0.15) is 5.76 Å². The third-order valence-electron chi connectivity index (χ3n) is 2.69. The summed E-state index contributed by atoms with van der Waals surface area (Å²) in [6.45, 7) is 8.23. The van der Waals surface area contributed by atoms with Crippen LogP contribution in [0.1, 0.15) is 43.2 Å². The molecule has 1 heterocycles. The van der Waals surface area contributed by atoms with Crippen molar-refractivity contribution in [3.63, 3.8) is 0 Å². The summed E-state index contributed by atoms with van der Waals surface area (Å²) in [5.74, 6) is 0.994. The molecule has 96 valence electrons. The number of hydrogen-bond acceptors (Lipinski definition) is 4. The summed E-state index contributed by atoms with van der Waals surface area (Å²) in [6, 6.07) is -0.107. The maximum atomic E-state index is 11.5. The van der Waals surface area contributed by atoms with Crippen molar-refractivity contribution < 1.29 is 9.32 Å². The van der Waals surface area contributed by atoms with Crippen LogP contribution in [0.2, 0.25) is 0 Å². The lowest BCUT2D eigenvalue weighted by atomic mass is 9.99. The van der Waals surface area contributed by atoms with Gasteiger partial charge in [-0.25, -0.2) is 0 Å². The molecular formula is C12H21N3O2. The van der Waals surface area contributed by atoms with Crippen molar-refractivity contribution in [2.45, 2.75) is 46.1 Å². The Hall–Kier alpha value is -1.36. The topological polar surface area (TPSA) is 81.2 Å². The van der Waals surface area contributed by atoms with Gasteiger partial charge in [0.15, 0.2) is 0 Å². The van der Waals surface area contributed by atoms with E-state index in [4.69, 9.17) is 10.3 Å². The first kappa shape index (κ1) is 13.7. The number of nitrogens with one attached hydrogen (secondary N) is 1. The van der Waals surface area contributed by atoms with Crippen LogP contribution in [-0.2, 0) is 4.79 Å². The number of carbonyl (C=O) groups is 1. The average Bonchev–Trinajstić information content (AvgIpc) is 2.54. The van der Waals surface area contributed by atoms with Gasteiger partial charge in [-0.1, -0.05) is 12.1 Å². The highest BCUT2D eigenvalue weighted by atomic mass is 16.5. The highest BCUT2D eigenvalue weighted by molar-refractivity contribution is 5.76. The number of nitrogens with zero attached hydrogens (tertiary/aromatic N) is 1. The number of rotatable bonds is 5. The molecule has 0 spiro atoms. The van der Waals surface area contributed by atoms with E-state index in [-0.39, 0.29) is 17.9 Å². The van der Waals surface area contributed by atoms with Crippen LogP contribution in [0, 0.1) is 13.8 Å². The fourth-order valence-electron chi connectivity index (χ4n) is 1.93. The molecule has 0 saturated heterocycles. The van der Waals surface area contributed by atoms with E-state index < -0.39 is 0 Å². The molecule has 1 amide bonds. The largest absolute Gasteiger partial charge is 0.361 e. The SMILES string of the molecule is Cc1noc(C)c1C(C)CNC(=O)CC(C)N. The maximum absolute atomic E-state index is 11.5. The van der Waals surface area contributed by atoms with Crippen LogP contribution < -0.4 is 11.1 Å². The fourth-order valence-corrected chi connectivity index (χ4v) is 1.93. The van der Waals surface area contributed by atoms with Gasteiger partial charge >= 0.3 is 0 Å². The van der Waals surface area contributed by atoms with Crippen LogP contribution in [0.15, 0.2) is 4.52 Å². The Bertz CT molecular complexity index is 366. The third kappa shape index (κ3) is 3.85. The van der Waals surface area contributed by atoms with Crippen LogP contribution in [0.3, 0.4) is 0 Å². The molecule has 0 radical (unpaired) electrons. The van der Waals surface area contributed by atoms with Crippen LogP contribution in [0.4, 0.5) is 0 Å². The molecule has 0 bridgehead atoms. The molecule has 0 aliphatic rings. The van der Waals surface area contributed by atoms with Gasteiger partial charge in [0.2, 0.25) is 5.91 Å². The second-order valence-corrected chi connectivity index (χ2v) is 4.62. The Kier molecular flexibility index (Phi) is 4.69. The van der Waals surface area contributed by atoms with Gasteiger partial charge in [-0.05, 0) is 20.8 Å². The minimum absolute atomic E-state index is 0.0152. The summed E-state index contributed by atoms with van der Waals surface area (Å²) in [5.41, 5.74) is 7.52. The number of aryl methyl sites for hydroxylation is 2. The molecule has 0 fully saturated rings. The summed E-state index contributed by atoms with van der Waals surface area (Å²) < 4.78 is 5.11. The van der Waals surface area contributed by atoms with Gasteiger partial charge in [0.25, 0.3) is 0 Å². The van der Waals surface area contributed by atoms with E-state index >= 15 is 0 Å². The summed E-state index contributed by atoms with van der Waals surface area (Å²) >= 11 is 0. The normalized spacial score (nSPS) is 14.4. The van der Waals surface area contributed by atoms with E-state index in [0.29, 0.717) is 13.0 Å². The Balaban J connectivity index is 2.50. The summed E-state index contributed by atoms with van der Waals surface area (Å²) in [7, 11) is 0. The van der Waals surface area contributed by atoms with Crippen molar-refractivity contribution in [3.8, 4) is 0 Å². The van der Waals surface area contributed by atoms with Crippen molar-refractivity contribution in [3.05, 3.63) is 17.0 Å². The van der Waals surface area contributed by atoms with Gasteiger partial charge < -0.3 is 15.6 Å². The maximum Gasteiger partial charge on any atom is 0.221 e. The molecule has 1 aromatic rings. The lowest BCUT2D eigenvalue weighted by Crippen LogP contribution is -2.32. The molecule has 1 rings (SSSR count). The predicted octanol–water partition coefficient (Wildman–Crippen LogP) is 1.25. The van der Waals surface area contributed by atoms with Crippen LogP contribution >= 0.6 is 0 Å². The molecule has 2 atom stereocenters. The van der Waals surface area contributed by atoms with E-state index in [0.717, 1.165) is 17.0 Å². The molecule has 3 N–H and O–H groups in total. The zero-order valence-electron chi connectivity index (χ0n) is 10.9. The first-order valence-corrected chi connectivity index (χ1v) is 5.86. The van der Waals surface area contributed by atoms with Crippen LogP contribution in [0.25, 0.3) is 0 Å². The number of amides is 1. The highest BCUT2D eigenvalue weighted by Gasteiger charge is 2.17. The first-order chi connectivity index (χ1) is 7.91. The van der Waals surface area contributed by atoms with Gasteiger partial charge in [0, 0.05) is 30.5 Å². The van der Waals surface area contributed by atoms with Crippen molar-refractivity contribution in [2.24, 2.45) is 5.73 Å². The molecule has 0 saturated carbocycles. The second-order valence-electron chi connectivity index (χ2n) is 4.62. The van der Waals surface area contributed by atoms with Gasteiger partial charge in [0.05, 0.1) is 5.69 Å². The molecule has 1 aromatic heterocycles. The minimum Gasteiger partial charge on any atom is -0.361 e. The molecule has 0 aromatic carbocycles. The van der Waals surface area contributed by atoms with Gasteiger partial charge in [-0.2, -0.15) is 0 Å². The molecule has 0 aliphatic heterocycles. The van der Waals surface area contributed by atoms with Crippen LogP contribution in [0.5, 0.6) is 0 Å². The number of carbonyl (C=O) groups excluding carboxylic acids is 1. The summed E-state index contributed by atoms with van der Waals surface area (Å²) in [4.78, 5) is 11.5. The van der Waals surface area contributed by atoms with E-state index in [1.807, 2.05) is 27.7 Å². The Labute approximate surface area is 102 Å². The smallest absolute Gasteiger partial charge is 0.221 e. The van der Waals surface area contributed by atoms with E-state index in [1.54, 1.807) is 0 Å². The predicted molar refractivity (Wildman–Crippen MR) is 65.7 cm³/mol. The Morgan fingerprint density at radius 2 is 2.12 bits per heavy atom. The van der Waals surface area contributed by atoms with Gasteiger partial charge in [-0.15, -0.1) is 0 Å². The highest BCUT2D eigenvalue weighted by Crippen LogP contribution is 2.22. The monoisotopic (exact) mass is 239 g/mol. The lowest BCUT2D eigenvalue weighted by Gasteiger charge is -2.13. The quantitative estimate of drug-likeness (QED) is 0.810. The van der Waals surface area contributed by atoms with E-state index in [2.05, 4.69) is 10.5 Å². The Morgan fingerprint density at radius 3 is 2.59 bits per heavy atom. The zero-order valence-corrected chi connectivity index (χ0v) is 10.9. The average molecular weight is 239 g/mol. The molecule has 0 aliphatic carbocycles. The minimum atomic E-state index is -0.107. The van der Waals surface area contributed by atoms with E-state index in [1.165, 1.54) is 0 Å². The van der Waals surface area contributed by atoms with Crippen molar-refractivity contribution >= 4 is 5.91 Å². The third-order valence-corrected chi connectivity index (χ3v) is 2.69. The molecule has 17 heavy (non-hydrogen) atoms. The first-order valence-electron chi connectivity index (χ1n) is 5.86. The number of hydrogen-bond donors (Lipinski definition) is 2. The fraction of sp³-hybridized carbons (Fsp3) is 0.667. The number of nitrogens with two attached hydrogens (primary N) is 1. The lowest BCUT2D eigenvalue weighted by molar-refractivity contribution is -0.121. The van der Waals surface area contributed by atoms with Crippen LogP contribution in [-0.4, -0.2) is 23.7 Å². The zero-order chi connectivity index (χ0) is 13.0. The molecule has 2 unspecified atom stereocenters.